The lowest BCUT2D eigenvalue weighted by atomic mass is 10.0. The third-order valence-electron chi connectivity index (χ3n) is 4.77. The number of nitrogens with zero attached hydrogens (tertiary/aromatic N) is 2. The lowest BCUT2D eigenvalue weighted by Crippen LogP contribution is -2.49. The Morgan fingerprint density at radius 1 is 1.07 bits per heavy atom. The molecule has 0 bridgehead atoms. The van der Waals surface area contributed by atoms with Gasteiger partial charge in [-0.3, -0.25) is 4.79 Å². The first-order valence-electron chi connectivity index (χ1n) is 9.29. The van der Waals surface area contributed by atoms with Crippen molar-refractivity contribution in [2.75, 3.05) is 44.8 Å². The van der Waals surface area contributed by atoms with Crippen molar-refractivity contribution in [1.82, 2.24) is 4.90 Å². The molecule has 2 aromatic carbocycles. The third kappa shape index (κ3) is 4.70. The largest absolute Gasteiger partial charge is 0.496 e. The van der Waals surface area contributed by atoms with E-state index in [-0.39, 0.29) is 17.4 Å². The maximum Gasteiger partial charge on any atom is 0.409 e. The summed E-state index contributed by atoms with van der Waals surface area (Å²) in [5.74, 6) is -0.121. The Kier molecular flexibility index (Phi) is 6.74. The zero-order valence-electron chi connectivity index (χ0n) is 16.3. The van der Waals surface area contributed by atoms with Crippen LogP contribution in [0.1, 0.15) is 22.8 Å². The lowest BCUT2D eigenvalue weighted by Gasteiger charge is -2.35. The van der Waals surface area contributed by atoms with Gasteiger partial charge in [0.15, 0.2) is 5.78 Å². The van der Waals surface area contributed by atoms with Crippen molar-refractivity contribution in [2.45, 2.75) is 6.92 Å². The molecule has 0 spiro atoms. The molecule has 0 radical (unpaired) electrons. The van der Waals surface area contributed by atoms with E-state index in [9.17, 15) is 14.0 Å². The summed E-state index contributed by atoms with van der Waals surface area (Å²) in [6.07, 6.45) is -0.348. The fourth-order valence-electron chi connectivity index (χ4n) is 3.22. The molecule has 6 nitrogen and oxygen atoms in total. The van der Waals surface area contributed by atoms with Gasteiger partial charge in [-0.2, -0.15) is 0 Å². The molecule has 1 saturated heterocycles. The number of methoxy groups -OCH3 is 1. The molecule has 154 valence electrons. The molecule has 0 N–H and O–H groups in total. The van der Waals surface area contributed by atoms with E-state index in [4.69, 9.17) is 9.47 Å². The highest BCUT2D eigenvalue weighted by Crippen LogP contribution is 2.28. The molecule has 2 aromatic rings. The minimum atomic E-state index is -0.465. The average molecular weight is 465 g/mol. The number of halogens is 2. The molecule has 1 aliphatic rings. The highest BCUT2D eigenvalue weighted by atomic mass is 79.9. The molecule has 29 heavy (non-hydrogen) atoms. The van der Waals surface area contributed by atoms with Gasteiger partial charge in [0.25, 0.3) is 0 Å². The number of hydrogen-bond acceptors (Lipinski definition) is 5. The maximum absolute atomic E-state index is 14.8. The predicted octanol–water partition coefficient (Wildman–Crippen LogP) is 4.11. The molecule has 3 rings (SSSR count). The number of anilines is 1. The lowest BCUT2D eigenvalue weighted by molar-refractivity contribution is 0.103. The molecule has 0 atom stereocenters. The van der Waals surface area contributed by atoms with E-state index in [2.05, 4.69) is 15.9 Å². The summed E-state index contributed by atoms with van der Waals surface area (Å²) in [6.45, 7) is 3.99. The van der Waals surface area contributed by atoms with Gasteiger partial charge < -0.3 is 19.3 Å². The molecule has 1 amide bonds. The molecule has 0 aliphatic carbocycles. The van der Waals surface area contributed by atoms with E-state index in [0.29, 0.717) is 54.3 Å². The quantitative estimate of drug-likeness (QED) is 0.623. The van der Waals surface area contributed by atoms with E-state index in [1.54, 1.807) is 49.3 Å². The van der Waals surface area contributed by atoms with Crippen LogP contribution in [0.4, 0.5) is 14.9 Å². The monoisotopic (exact) mass is 464 g/mol. The van der Waals surface area contributed by atoms with E-state index in [1.807, 2.05) is 4.90 Å². The van der Waals surface area contributed by atoms with Gasteiger partial charge >= 0.3 is 6.09 Å². The van der Waals surface area contributed by atoms with Gasteiger partial charge in [-0.15, -0.1) is 0 Å². The third-order valence-corrected chi connectivity index (χ3v) is 5.39. The predicted molar refractivity (Wildman–Crippen MR) is 111 cm³/mol. The normalized spacial score (nSPS) is 13.9. The number of rotatable bonds is 5. The van der Waals surface area contributed by atoms with Crippen LogP contribution in [0.15, 0.2) is 40.9 Å². The number of amides is 1. The van der Waals surface area contributed by atoms with Crippen molar-refractivity contribution in [2.24, 2.45) is 0 Å². The second-order valence-corrected chi connectivity index (χ2v) is 7.37. The topological polar surface area (TPSA) is 59.1 Å². The second-order valence-electron chi connectivity index (χ2n) is 6.52. The fourth-order valence-corrected chi connectivity index (χ4v) is 3.76. The molecule has 0 saturated carbocycles. The zero-order valence-corrected chi connectivity index (χ0v) is 17.9. The van der Waals surface area contributed by atoms with Gasteiger partial charge in [0, 0.05) is 37.3 Å². The average Bonchev–Trinajstić information content (AvgIpc) is 2.73. The molecule has 1 heterocycles. The van der Waals surface area contributed by atoms with Gasteiger partial charge in [-0.25, -0.2) is 9.18 Å². The Hall–Kier alpha value is -2.61. The van der Waals surface area contributed by atoms with Crippen LogP contribution in [0.2, 0.25) is 0 Å². The minimum absolute atomic E-state index is 0.272. The first-order valence-corrected chi connectivity index (χ1v) is 10.1. The van der Waals surface area contributed by atoms with Crippen LogP contribution in [0, 0.1) is 5.82 Å². The van der Waals surface area contributed by atoms with Gasteiger partial charge in [-0.05, 0) is 59.3 Å². The number of carbonyl (C=O) groups excluding carboxylic acids is 2. The molecule has 1 aliphatic heterocycles. The molecular weight excluding hydrogens is 443 g/mol. The Labute approximate surface area is 177 Å². The standard InChI is InChI=1S/C21H22BrFN2O4/c1-3-29-21(27)25-10-8-24(9-11-25)18-6-4-15(13-17(18)23)20(26)14-5-7-19(28-2)16(22)12-14/h4-7,12-13H,3,8-11H2,1-2H3. The number of hydrogen-bond donors (Lipinski definition) is 0. The smallest absolute Gasteiger partial charge is 0.409 e. The molecule has 0 unspecified atom stereocenters. The minimum Gasteiger partial charge on any atom is -0.496 e. The number of benzene rings is 2. The number of ether oxygens (including phenoxy) is 2. The Morgan fingerprint density at radius 3 is 2.31 bits per heavy atom. The maximum atomic E-state index is 14.8. The van der Waals surface area contributed by atoms with Crippen LogP contribution in [-0.2, 0) is 4.74 Å². The number of ketones is 1. The first-order chi connectivity index (χ1) is 13.9. The van der Waals surface area contributed by atoms with Crippen LogP contribution in [-0.4, -0.2) is 56.7 Å². The molecule has 0 aromatic heterocycles. The number of piperazine rings is 1. The van der Waals surface area contributed by atoms with Crippen LogP contribution in [0.5, 0.6) is 5.75 Å². The molecular formula is C21H22BrFN2O4. The summed E-state index contributed by atoms with van der Waals surface area (Å²) in [5.41, 5.74) is 1.13. The van der Waals surface area contributed by atoms with Gasteiger partial charge in [0.2, 0.25) is 0 Å². The Bertz CT molecular complexity index is 914. The van der Waals surface area contributed by atoms with Crippen LogP contribution >= 0.6 is 15.9 Å². The fraction of sp³-hybridized carbons (Fsp3) is 0.333. The van der Waals surface area contributed by atoms with E-state index in [1.165, 1.54) is 6.07 Å². The van der Waals surface area contributed by atoms with Crippen LogP contribution < -0.4 is 9.64 Å². The van der Waals surface area contributed by atoms with Crippen molar-refractivity contribution < 1.29 is 23.5 Å². The number of carbonyl (C=O) groups is 2. The Morgan fingerprint density at radius 2 is 1.72 bits per heavy atom. The zero-order chi connectivity index (χ0) is 21.0. The summed E-state index contributed by atoms with van der Waals surface area (Å²) in [5, 5.41) is 0. The highest BCUT2D eigenvalue weighted by molar-refractivity contribution is 9.10. The SMILES string of the molecule is CCOC(=O)N1CCN(c2ccc(C(=O)c3ccc(OC)c(Br)c3)cc2F)CC1. The van der Waals surface area contributed by atoms with Crippen molar-refractivity contribution in [3.8, 4) is 5.75 Å². The Balaban J connectivity index is 1.71. The van der Waals surface area contributed by atoms with Crippen molar-refractivity contribution in [3.63, 3.8) is 0 Å². The highest BCUT2D eigenvalue weighted by Gasteiger charge is 2.24. The van der Waals surface area contributed by atoms with Gasteiger partial charge in [0.05, 0.1) is 23.9 Å². The summed E-state index contributed by atoms with van der Waals surface area (Å²) >= 11 is 3.36. The molecule has 1 fully saturated rings. The van der Waals surface area contributed by atoms with Crippen molar-refractivity contribution >= 4 is 33.5 Å². The van der Waals surface area contributed by atoms with E-state index >= 15 is 0 Å². The van der Waals surface area contributed by atoms with E-state index in [0.717, 1.165) is 0 Å². The summed E-state index contributed by atoms with van der Waals surface area (Å²) in [7, 11) is 1.54. The van der Waals surface area contributed by atoms with E-state index < -0.39 is 5.82 Å². The van der Waals surface area contributed by atoms with Gasteiger partial charge in [-0.1, -0.05) is 0 Å². The first kappa shape index (κ1) is 21.1. The summed E-state index contributed by atoms with van der Waals surface area (Å²) < 4.78 is 25.6. The van der Waals surface area contributed by atoms with Crippen LogP contribution in [0.25, 0.3) is 0 Å². The van der Waals surface area contributed by atoms with Crippen LogP contribution in [0.3, 0.4) is 0 Å². The molecule has 8 heteroatoms. The summed E-state index contributed by atoms with van der Waals surface area (Å²) in [6, 6.07) is 9.48. The summed E-state index contributed by atoms with van der Waals surface area (Å²) in [4.78, 5) is 28.0. The van der Waals surface area contributed by atoms with Crippen molar-refractivity contribution in [3.05, 3.63) is 57.8 Å². The van der Waals surface area contributed by atoms with Crippen molar-refractivity contribution in [1.29, 1.82) is 0 Å². The second kappa shape index (κ2) is 9.26. The van der Waals surface area contributed by atoms with Gasteiger partial charge in [0.1, 0.15) is 11.6 Å².